The molecule has 2 amide bonds. The number of aromatic amines is 1. The molecule has 1 fully saturated rings. The van der Waals surface area contributed by atoms with Gasteiger partial charge in [-0.3, -0.25) is 9.59 Å². The minimum absolute atomic E-state index is 0.0512. The van der Waals surface area contributed by atoms with Crippen LogP contribution in [0.4, 0.5) is 4.39 Å². The second kappa shape index (κ2) is 8.83. The minimum atomic E-state index is -0.364. The molecule has 7 nitrogen and oxygen atoms in total. The maximum Gasteiger partial charge on any atom is 0.274 e. The summed E-state index contributed by atoms with van der Waals surface area (Å²) < 4.78 is 14.8. The summed E-state index contributed by atoms with van der Waals surface area (Å²) in [6, 6.07) is 8.45. The molecule has 8 heteroatoms. The first-order valence-electron chi connectivity index (χ1n) is 10.6. The van der Waals surface area contributed by atoms with Crippen LogP contribution < -0.4 is 5.32 Å². The average molecular weight is 423 g/mol. The van der Waals surface area contributed by atoms with E-state index in [1.807, 2.05) is 6.92 Å². The van der Waals surface area contributed by atoms with Crippen molar-refractivity contribution in [3.05, 3.63) is 48.0 Å². The summed E-state index contributed by atoms with van der Waals surface area (Å²) in [6.07, 6.45) is 4.87. The van der Waals surface area contributed by atoms with Gasteiger partial charge in [0, 0.05) is 48.7 Å². The maximum atomic E-state index is 14.8. The molecule has 0 aliphatic heterocycles. The van der Waals surface area contributed by atoms with E-state index in [0.717, 1.165) is 19.3 Å². The SMILES string of the molecule is CCC(=O)NCC1CCC(N(C)C(=O)c2ccc(-c3ccc4[nH]ccc4c3F)nn2)C1. The van der Waals surface area contributed by atoms with E-state index in [9.17, 15) is 14.0 Å². The fraction of sp³-hybridized carbons (Fsp3) is 0.391. The van der Waals surface area contributed by atoms with Crippen LogP contribution in [-0.4, -0.2) is 51.5 Å². The minimum Gasteiger partial charge on any atom is -0.361 e. The summed E-state index contributed by atoms with van der Waals surface area (Å²) in [5, 5.41) is 11.6. The Morgan fingerprint density at radius 1 is 1.19 bits per heavy atom. The predicted octanol–water partition coefficient (Wildman–Crippen LogP) is 3.53. The fourth-order valence-electron chi connectivity index (χ4n) is 4.20. The number of nitrogens with one attached hydrogen (secondary N) is 2. The Bertz CT molecular complexity index is 1100. The van der Waals surface area contributed by atoms with Gasteiger partial charge in [0.05, 0.1) is 5.69 Å². The molecule has 2 unspecified atom stereocenters. The van der Waals surface area contributed by atoms with Gasteiger partial charge < -0.3 is 15.2 Å². The van der Waals surface area contributed by atoms with Crippen molar-refractivity contribution in [1.29, 1.82) is 0 Å². The van der Waals surface area contributed by atoms with E-state index in [2.05, 4.69) is 20.5 Å². The van der Waals surface area contributed by atoms with Crippen LogP contribution in [0.3, 0.4) is 0 Å². The highest BCUT2D eigenvalue weighted by Crippen LogP contribution is 2.30. The van der Waals surface area contributed by atoms with Crippen LogP contribution in [0, 0.1) is 11.7 Å². The van der Waals surface area contributed by atoms with Gasteiger partial charge in [-0.2, -0.15) is 0 Å². The molecule has 2 aromatic heterocycles. The molecule has 0 radical (unpaired) electrons. The van der Waals surface area contributed by atoms with Gasteiger partial charge in [-0.05, 0) is 55.5 Å². The first-order chi connectivity index (χ1) is 15.0. The zero-order valence-corrected chi connectivity index (χ0v) is 17.7. The Labute approximate surface area is 180 Å². The Balaban J connectivity index is 1.42. The zero-order valence-electron chi connectivity index (χ0n) is 17.7. The van der Waals surface area contributed by atoms with Crippen molar-refractivity contribution in [2.24, 2.45) is 5.92 Å². The molecular formula is C23H26FN5O2. The standard InChI is InChI=1S/C23H26FN5O2/c1-3-21(30)26-13-14-4-5-15(12-14)29(2)23(31)20-9-8-19(27-28-20)16-6-7-18-17(22(16)24)10-11-25-18/h6-11,14-15,25H,3-5,12-13H2,1-2H3,(H,26,30). The summed E-state index contributed by atoms with van der Waals surface area (Å²) >= 11 is 0. The average Bonchev–Trinajstić information content (AvgIpc) is 3.47. The lowest BCUT2D eigenvalue weighted by Gasteiger charge is -2.24. The number of nitrogens with zero attached hydrogens (tertiary/aromatic N) is 3. The Kier molecular flexibility index (Phi) is 5.97. The van der Waals surface area contributed by atoms with Crippen molar-refractivity contribution in [1.82, 2.24) is 25.4 Å². The number of carbonyl (C=O) groups is 2. The third-order valence-electron chi connectivity index (χ3n) is 6.12. The summed E-state index contributed by atoms with van der Waals surface area (Å²) in [5.41, 5.74) is 1.68. The number of benzene rings is 1. The number of halogens is 1. The molecule has 4 rings (SSSR count). The smallest absolute Gasteiger partial charge is 0.274 e. The van der Waals surface area contributed by atoms with Crippen molar-refractivity contribution in [2.45, 2.75) is 38.6 Å². The molecule has 3 aromatic rings. The molecule has 1 aliphatic rings. The molecule has 2 atom stereocenters. The van der Waals surface area contributed by atoms with E-state index in [4.69, 9.17) is 0 Å². The molecule has 1 saturated carbocycles. The third-order valence-corrected chi connectivity index (χ3v) is 6.12. The van der Waals surface area contributed by atoms with Gasteiger partial charge in [0.25, 0.3) is 5.91 Å². The van der Waals surface area contributed by atoms with Crippen LogP contribution in [0.15, 0.2) is 36.5 Å². The number of carbonyl (C=O) groups excluding carboxylic acids is 2. The molecule has 2 heterocycles. The Morgan fingerprint density at radius 2 is 2.03 bits per heavy atom. The van der Waals surface area contributed by atoms with Gasteiger partial charge in [0.15, 0.2) is 5.69 Å². The van der Waals surface area contributed by atoms with E-state index < -0.39 is 0 Å². The number of amides is 2. The van der Waals surface area contributed by atoms with Crippen molar-refractivity contribution in [2.75, 3.05) is 13.6 Å². The highest BCUT2D eigenvalue weighted by atomic mass is 19.1. The lowest BCUT2D eigenvalue weighted by Crippen LogP contribution is -2.36. The van der Waals surface area contributed by atoms with Crippen LogP contribution in [0.25, 0.3) is 22.2 Å². The Morgan fingerprint density at radius 3 is 2.77 bits per heavy atom. The second-order valence-electron chi connectivity index (χ2n) is 8.08. The first kappa shape index (κ1) is 21.0. The summed E-state index contributed by atoms with van der Waals surface area (Å²) in [7, 11) is 1.77. The van der Waals surface area contributed by atoms with Gasteiger partial charge in [-0.25, -0.2) is 4.39 Å². The molecule has 0 bridgehead atoms. The van der Waals surface area contributed by atoms with Crippen molar-refractivity contribution < 1.29 is 14.0 Å². The predicted molar refractivity (Wildman–Crippen MR) is 116 cm³/mol. The van der Waals surface area contributed by atoms with E-state index >= 15 is 0 Å². The molecule has 162 valence electrons. The van der Waals surface area contributed by atoms with E-state index in [0.29, 0.717) is 41.0 Å². The van der Waals surface area contributed by atoms with Crippen molar-refractivity contribution in [3.63, 3.8) is 0 Å². The molecule has 0 saturated heterocycles. The normalized spacial score (nSPS) is 18.3. The quantitative estimate of drug-likeness (QED) is 0.635. The second-order valence-corrected chi connectivity index (χ2v) is 8.08. The van der Waals surface area contributed by atoms with E-state index in [1.165, 1.54) is 0 Å². The largest absolute Gasteiger partial charge is 0.361 e. The van der Waals surface area contributed by atoms with Crippen LogP contribution in [0.5, 0.6) is 0 Å². The lowest BCUT2D eigenvalue weighted by molar-refractivity contribution is -0.120. The fourth-order valence-corrected chi connectivity index (χ4v) is 4.20. The lowest BCUT2D eigenvalue weighted by atomic mass is 10.1. The number of rotatable bonds is 6. The number of aromatic nitrogens is 3. The first-order valence-corrected chi connectivity index (χ1v) is 10.6. The number of fused-ring (bicyclic) bond motifs is 1. The van der Waals surface area contributed by atoms with Crippen LogP contribution >= 0.6 is 0 Å². The molecule has 2 N–H and O–H groups in total. The van der Waals surface area contributed by atoms with Crippen LogP contribution in [-0.2, 0) is 4.79 Å². The highest BCUT2D eigenvalue weighted by Gasteiger charge is 2.31. The van der Waals surface area contributed by atoms with E-state index in [-0.39, 0.29) is 29.4 Å². The third kappa shape index (κ3) is 4.28. The highest BCUT2D eigenvalue weighted by molar-refractivity contribution is 5.92. The maximum absolute atomic E-state index is 14.8. The molecule has 1 aromatic carbocycles. The van der Waals surface area contributed by atoms with Gasteiger partial charge in [-0.15, -0.1) is 10.2 Å². The van der Waals surface area contributed by atoms with Gasteiger partial charge in [-0.1, -0.05) is 6.92 Å². The van der Waals surface area contributed by atoms with Gasteiger partial charge in [0.2, 0.25) is 5.91 Å². The summed E-state index contributed by atoms with van der Waals surface area (Å²) in [6.45, 7) is 2.48. The molecule has 31 heavy (non-hydrogen) atoms. The molecule has 0 spiro atoms. The number of H-pyrrole nitrogens is 1. The Hall–Kier alpha value is -3.29. The van der Waals surface area contributed by atoms with Gasteiger partial charge >= 0.3 is 0 Å². The van der Waals surface area contributed by atoms with Crippen LogP contribution in [0.1, 0.15) is 43.1 Å². The summed E-state index contributed by atoms with van der Waals surface area (Å²) in [5.74, 6) is -0.147. The van der Waals surface area contributed by atoms with E-state index in [1.54, 1.807) is 48.5 Å². The number of hydrogen-bond acceptors (Lipinski definition) is 4. The monoisotopic (exact) mass is 423 g/mol. The zero-order chi connectivity index (χ0) is 22.0. The molecule has 1 aliphatic carbocycles. The number of hydrogen-bond donors (Lipinski definition) is 2. The summed E-state index contributed by atoms with van der Waals surface area (Å²) in [4.78, 5) is 29.0. The molecular weight excluding hydrogens is 397 g/mol. The topological polar surface area (TPSA) is 91.0 Å². The van der Waals surface area contributed by atoms with Crippen LogP contribution in [0.2, 0.25) is 0 Å². The van der Waals surface area contributed by atoms with Crippen molar-refractivity contribution >= 4 is 22.7 Å². The van der Waals surface area contributed by atoms with Gasteiger partial charge in [0.1, 0.15) is 5.82 Å². The van der Waals surface area contributed by atoms with Crippen molar-refractivity contribution in [3.8, 4) is 11.3 Å².